The molecule has 1 aromatic carbocycles. The molecule has 0 atom stereocenters. The van der Waals surface area contributed by atoms with Crippen molar-refractivity contribution in [3.63, 3.8) is 0 Å². The molecule has 0 aliphatic heterocycles. The van der Waals surface area contributed by atoms with Gasteiger partial charge in [0.1, 0.15) is 0 Å². The van der Waals surface area contributed by atoms with Crippen LogP contribution in [-0.4, -0.2) is 4.98 Å². The molecule has 130 valence electrons. The van der Waals surface area contributed by atoms with E-state index in [1.54, 1.807) is 0 Å². The van der Waals surface area contributed by atoms with E-state index in [2.05, 4.69) is 57.8 Å². The number of para-hydroxylation sites is 1. The average Bonchev–Trinajstić information content (AvgIpc) is 2.41. The zero-order chi connectivity index (χ0) is 14.8. The number of aryl methyl sites for hydroxylation is 1. The van der Waals surface area contributed by atoms with E-state index < -0.39 is 0 Å². The molecule has 0 radical (unpaired) electrons. The third kappa shape index (κ3) is 6.51. The van der Waals surface area contributed by atoms with Crippen LogP contribution in [0.15, 0.2) is 42.6 Å². The topological polar surface area (TPSA) is 27.0 Å². The minimum Gasteiger partial charge on any atom is -0.674 e. The minimum atomic E-state index is -0.322. The van der Waals surface area contributed by atoms with E-state index in [0.717, 1.165) is 11.4 Å². The van der Waals surface area contributed by atoms with E-state index in [1.807, 2.05) is 24.4 Å². The van der Waals surface area contributed by atoms with Crippen molar-refractivity contribution in [2.75, 3.05) is 0 Å². The maximum atomic E-state index is 5.02. The molecule has 24 heavy (non-hydrogen) atoms. The Labute approximate surface area is 169 Å². The third-order valence-corrected chi connectivity index (χ3v) is 3.57. The fraction of sp³-hybridized carbons (Fsp3) is 0.333. The Bertz CT molecular complexity index is 578. The van der Waals surface area contributed by atoms with Gasteiger partial charge in [-0.3, -0.25) is 4.98 Å². The first-order chi connectivity index (χ1) is 9.42. The number of pyridine rings is 1. The Balaban J connectivity index is -0.00000110. The summed E-state index contributed by atoms with van der Waals surface area (Å²) in [4.78, 5) is 4.46. The van der Waals surface area contributed by atoms with Gasteiger partial charge in [0.25, 0.3) is 0 Å². The van der Waals surface area contributed by atoms with Crippen molar-refractivity contribution >= 4 is 5.69 Å². The van der Waals surface area contributed by atoms with E-state index in [-0.39, 0.29) is 54.0 Å². The standard InChI is InChI=1S/C18H23N2.3CH3.Zr/c1-13(2)15-10-8-9-14(3)17(15)20-18(4,5)16-11-6-7-12-19-16;;;;/h6-13H,1-5H3;3*1H3;/q4*-1;+4. The van der Waals surface area contributed by atoms with Gasteiger partial charge >= 0.3 is 26.2 Å². The molecule has 1 aromatic heterocycles. The Morgan fingerprint density at radius 2 is 1.58 bits per heavy atom. The molecule has 0 N–H and O–H groups in total. The van der Waals surface area contributed by atoms with Gasteiger partial charge in [-0.1, -0.05) is 68.6 Å². The molecule has 2 aromatic rings. The molecule has 2 nitrogen and oxygen atoms in total. The van der Waals surface area contributed by atoms with Crippen molar-refractivity contribution in [3.8, 4) is 0 Å². The van der Waals surface area contributed by atoms with Crippen molar-refractivity contribution in [1.29, 1.82) is 0 Å². The molecule has 0 fully saturated rings. The Morgan fingerprint density at radius 3 is 2.08 bits per heavy atom. The first-order valence-electron chi connectivity index (χ1n) is 7.16. The van der Waals surface area contributed by atoms with E-state index >= 15 is 0 Å². The number of benzene rings is 1. The number of hydrogen-bond donors (Lipinski definition) is 0. The van der Waals surface area contributed by atoms with E-state index in [9.17, 15) is 0 Å². The summed E-state index contributed by atoms with van der Waals surface area (Å²) in [5.74, 6) is 0.466. The number of nitrogens with zero attached hydrogens (tertiary/aromatic N) is 2. The Kier molecular flexibility index (Phi) is 13.5. The second-order valence-corrected chi connectivity index (χ2v) is 6.05. The Morgan fingerprint density at radius 1 is 0.958 bits per heavy atom. The van der Waals surface area contributed by atoms with Gasteiger partial charge in [0, 0.05) is 11.9 Å². The molecule has 1 heterocycles. The summed E-state index contributed by atoms with van der Waals surface area (Å²) in [6.07, 6.45) is 1.83. The number of hydrogen-bond acceptors (Lipinski definition) is 1. The SMILES string of the molecule is Cc1cccc(C(C)C)c1[N-]C(C)(C)c1ccccn1.[CH3-].[CH3-].[CH3-].[Zr+4]. The average molecular weight is 404 g/mol. The van der Waals surface area contributed by atoms with Crippen molar-refractivity contribution < 1.29 is 26.2 Å². The summed E-state index contributed by atoms with van der Waals surface area (Å²) >= 11 is 0. The molecule has 3 heteroatoms. The summed E-state index contributed by atoms with van der Waals surface area (Å²) in [6.45, 7) is 10.8. The maximum Gasteiger partial charge on any atom is 4.00 e. The monoisotopic (exact) mass is 402 g/mol. The van der Waals surface area contributed by atoms with Crippen LogP contribution in [-0.2, 0) is 31.7 Å². The van der Waals surface area contributed by atoms with Gasteiger partial charge in [0.05, 0.1) is 0 Å². The zero-order valence-corrected chi connectivity index (χ0v) is 19.0. The van der Waals surface area contributed by atoms with E-state index in [4.69, 9.17) is 5.32 Å². The zero-order valence-electron chi connectivity index (χ0n) is 16.5. The molecule has 0 saturated carbocycles. The number of aromatic nitrogens is 1. The van der Waals surface area contributed by atoms with Gasteiger partial charge in [0.15, 0.2) is 0 Å². The molecule has 0 amide bonds. The third-order valence-electron chi connectivity index (χ3n) is 3.57. The molecule has 0 aliphatic carbocycles. The van der Waals surface area contributed by atoms with E-state index in [0.29, 0.717) is 5.92 Å². The summed E-state index contributed by atoms with van der Waals surface area (Å²) < 4.78 is 0. The van der Waals surface area contributed by atoms with Gasteiger partial charge in [-0.05, 0) is 25.0 Å². The van der Waals surface area contributed by atoms with Gasteiger partial charge < -0.3 is 27.6 Å². The predicted molar refractivity (Wildman–Crippen MR) is 105 cm³/mol. The second kappa shape index (κ2) is 11.6. The fourth-order valence-electron chi connectivity index (χ4n) is 2.36. The molecule has 0 bridgehead atoms. The van der Waals surface area contributed by atoms with Crippen molar-refractivity contribution in [2.24, 2.45) is 0 Å². The summed E-state index contributed by atoms with van der Waals surface area (Å²) in [6, 6.07) is 12.4. The van der Waals surface area contributed by atoms with Gasteiger partial charge in [-0.25, -0.2) is 0 Å². The fourth-order valence-corrected chi connectivity index (χ4v) is 2.36. The first kappa shape index (κ1) is 27.9. The molecule has 0 spiro atoms. The maximum absolute atomic E-state index is 5.02. The van der Waals surface area contributed by atoms with Crippen molar-refractivity contribution in [3.05, 3.63) is 87.0 Å². The molecule has 0 saturated heterocycles. The quantitative estimate of drug-likeness (QED) is 0.515. The van der Waals surface area contributed by atoms with Gasteiger partial charge in [-0.15, -0.1) is 5.69 Å². The largest absolute Gasteiger partial charge is 4.00 e. The summed E-state index contributed by atoms with van der Waals surface area (Å²) in [5, 5.41) is 5.02. The normalized spacial score (nSPS) is 9.75. The van der Waals surface area contributed by atoms with Gasteiger partial charge in [0.2, 0.25) is 0 Å². The van der Waals surface area contributed by atoms with Crippen LogP contribution in [0.1, 0.15) is 50.4 Å². The number of rotatable bonds is 4. The van der Waals surface area contributed by atoms with Crippen LogP contribution < -0.4 is 0 Å². The van der Waals surface area contributed by atoms with Crippen LogP contribution in [0, 0.1) is 29.2 Å². The molecule has 0 unspecified atom stereocenters. The van der Waals surface area contributed by atoms with Crippen LogP contribution >= 0.6 is 0 Å². The van der Waals surface area contributed by atoms with Crippen LogP contribution in [0.2, 0.25) is 0 Å². The summed E-state index contributed by atoms with van der Waals surface area (Å²) in [5.41, 5.74) is 4.31. The molecule has 0 aliphatic rings. The first-order valence-corrected chi connectivity index (χ1v) is 7.16. The molecular weight excluding hydrogens is 371 g/mol. The van der Waals surface area contributed by atoms with Crippen LogP contribution in [0.5, 0.6) is 0 Å². The second-order valence-electron chi connectivity index (χ2n) is 6.05. The summed E-state index contributed by atoms with van der Waals surface area (Å²) in [7, 11) is 0. The van der Waals surface area contributed by atoms with Crippen molar-refractivity contribution in [1.82, 2.24) is 4.98 Å². The smallest absolute Gasteiger partial charge is 0.674 e. The Hall–Kier alpha value is -0.947. The molecular formula is C21H32N2Zr. The van der Waals surface area contributed by atoms with Crippen molar-refractivity contribution in [2.45, 2.75) is 46.1 Å². The predicted octanol–water partition coefficient (Wildman–Crippen LogP) is 6.80. The van der Waals surface area contributed by atoms with Crippen LogP contribution in [0.4, 0.5) is 5.69 Å². The molecule has 2 rings (SSSR count). The van der Waals surface area contributed by atoms with Crippen LogP contribution in [0.3, 0.4) is 0 Å². The van der Waals surface area contributed by atoms with E-state index in [1.165, 1.54) is 11.1 Å². The van der Waals surface area contributed by atoms with Gasteiger partial charge in [-0.2, -0.15) is 0 Å². The minimum absolute atomic E-state index is 0. The van der Waals surface area contributed by atoms with Crippen LogP contribution in [0.25, 0.3) is 5.32 Å².